The summed E-state index contributed by atoms with van der Waals surface area (Å²) in [6, 6.07) is 3.93. The van der Waals surface area contributed by atoms with Gasteiger partial charge in [-0.25, -0.2) is 0 Å². The minimum absolute atomic E-state index is 0.0667. The van der Waals surface area contributed by atoms with Crippen molar-refractivity contribution in [2.75, 3.05) is 5.32 Å². The van der Waals surface area contributed by atoms with Crippen molar-refractivity contribution in [2.24, 2.45) is 0 Å². The number of aromatic nitrogens is 5. The fourth-order valence-corrected chi connectivity index (χ4v) is 2.88. The quantitative estimate of drug-likeness (QED) is 0.797. The average molecular weight is 298 g/mol. The Morgan fingerprint density at radius 1 is 1.27 bits per heavy atom. The molecule has 1 N–H and O–H groups in total. The summed E-state index contributed by atoms with van der Waals surface area (Å²) >= 11 is 0. The predicted octanol–water partition coefficient (Wildman–Crippen LogP) is 2.78. The fraction of sp³-hybridized carbons (Fsp3) is 0.467. The number of anilines is 1. The minimum atomic E-state index is 0.0667. The van der Waals surface area contributed by atoms with E-state index in [2.05, 4.69) is 32.7 Å². The van der Waals surface area contributed by atoms with Crippen LogP contribution in [0.2, 0.25) is 0 Å². The molecule has 0 saturated heterocycles. The van der Waals surface area contributed by atoms with E-state index in [1.165, 1.54) is 12.8 Å². The molecule has 0 aliphatic heterocycles. The molecule has 0 spiro atoms. The van der Waals surface area contributed by atoms with Gasteiger partial charge < -0.3 is 9.84 Å². The Hall–Kier alpha value is -2.44. The van der Waals surface area contributed by atoms with E-state index in [1.54, 1.807) is 0 Å². The van der Waals surface area contributed by atoms with Gasteiger partial charge in [0.15, 0.2) is 11.5 Å². The highest BCUT2D eigenvalue weighted by molar-refractivity contribution is 5.46. The number of nitrogens with one attached hydrogen (secondary N) is 1. The largest absolute Gasteiger partial charge is 0.362 e. The van der Waals surface area contributed by atoms with Crippen LogP contribution in [0.4, 0.5) is 5.82 Å². The Bertz CT molecular complexity index is 812. The van der Waals surface area contributed by atoms with Crippen LogP contribution in [0.5, 0.6) is 0 Å². The number of rotatable bonds is 4. The third-order valence-corrected chi connectivity index (χ3v) is 4.12. The molecule has 22 heavy (non-hydrogen) atoms. The fourth-order valence-electron chi connectivity index (χ4n) is 2.88. The van der Waals surface area contributed by atoms with Crippen LogP contribution in [-0.2, 0) is 0 Å². The standard InChI is InChI=1S/C15H18N6O/c1-8(14-9(2)20-22-10(14)3)16-12-6-7-13-17-18-15(11-4-5-11)21(13)19-12/h6-8,11H,4-5H2,1-3H3,(H,16,19). The number of hydrogen-bond acceptors (Lipinski definition) is 6. The minimum Gasteiger partial charge on any atom is -0.362 e. The van der Waals surface area contributed by atoms with Gasteiger partial charge in [0.1, 0.15) is 11.6 Å². The molecular formula is C15H18N6O. The van der Waals surface area contributed by atoms with Crippen LogP contribution < -0.4 is 5.32 Å². The van der Waals surface area contributed by atoms with E-state index in [1.807, 2.05) is 30.5 Å². The summed E-state index contributed by atoms with van der Waals surface area (Å²) in [5, 5.41) is 20.5. The molecule has 1 unspecified atom stereocenters. The lowest BCUT2D eigenvalue weighted by Gasteiger charge is -2.14. The molecule has 0 amide bonds. The summed E-state index contributed by atoms with van der Waals surface area (Å²) in [6.07, 6.45) is 2.35. The van der Waals surface area contributed by atoms with Crippen molar-refractivity contribution in [3.05, 3.63) is 35.0 Å². The molecule has 0 bridgehead atoms. The first-order chi connectivity index (χ1) is 10.6. The summed E-state index contributed by atoms with van der Waals surface area (Å²) in [5.41, 5.74) is 2.77. The highest BCUT2D eigenvalue weighted by Crippen LogP contribution is 2.38. The van der Waals surface area contributed by atoms with Gasteiger partial charge in [-0.05, 0) is 45.7 Å². The molecular weight excluding hydrogens is 280 g/mol. The zero-order valence-electron chi connectivity index (χ0n) is 12.9. The van der Waals surface area contributed by atoms with Gasteiger partial charge in [-0.2, -0.15) is 4.52 Å². The van der Waals surface area contributed by atoms with E-state index in [-0.39, 0.29) is 6.04 Å². The Morgan fingerprint density at radius 3 is 2.77 bits per heavy atom. The zero-order valence-corrected chi connectivity index (χ0v) is 12.9. The predicted molar refractivity (Wildman–Crippen MR) is 80.8 cm³/mol. The Labute approximate surface area is 127 Å². The molecule has 3 aromatic rings. The third-order valence-electron chi connectivity index (χ3n) is 4.12. The normalized spacial score (nSPS) is 16.1. The van der Waals surface area contributed by atoms with Crippen molar-refractivity contribution in [1.29, 1.82) is 0 Å². The maximum Gasteiger partial charge on any atom is 0.178 e. The van der Waals surface area contributed by atoms with E-state index >= 15 is 0 Å². The van der Waals surface area contributed by atoms with E-state index in [0.29, 0.717) is 5.92 Å². The summed E-state index contributed by atoms with van der Waals surface area (Å²) in [4.78, 5) is 0. The van der Waals surface area contributed by atoms with Crippen molar-refractivity contribution >= 4 is 11.5 Å². The molecule has 1 saturated carbocycles. The molecule has 3 aromatic heterocycles. The first-order valence-corrected chi connectivity index (χ1v) is 7.55. The molecule has 4 rings (SSSR count). The molecule has 0 aromatic carbocycles. The van der Waals surface area contributed by atoms with Crippen LogP contribution >= 0.6 is 0 Å². The van der Waals surface area contributed by atoms with Crippen LogP contribution in [0.1, 0.15) is 54.6 Å². The van der Waals surface area contributed by atoms with Crippen molar-refractivity contribution in [3.63, 3.8) is 0 Å². The van der Waals surface area contributed by atoms with Gasteiger partial charge in [-0.1, -0.05) is 5.16 Å². The molecule has 1 atom stereocenters. The third kappa shape index (κ3) is 2.13. The van der Waals surface area contributed by atoms with Crippen LogP contribution in [-0.4, -0.2) is 25.0 Å². The van der Waals surface area contributed by atoms with Crippen molar-refractivity contribution in [1.82, 2.24) is 25.0 Å². The van der Waals surface area contributed by atoms with Gasteiger partial charge in [0.25, 0.3) is 0 Å². The first-order valence-electron chi connectivity index (χ1n) is 7.55. The van der Waals surface area contributed by atoms with Gasteiger partial charge in [0.2, 0.25) is 0 Å². The highest BCUT2D eigenvalue weighted by atomic mass is 16.5. The molecule has 7 heteroatoms. The maximum absolute atomic E-state index is 5.24. The molecule has 1 aliphatic carbocycles. The summed E-state index contributed by atoms with van der Waals surface area (Å²) < 4.78 is 7.08. The Kier molecular flexibility index (Phi) is 2.88. The lowest BCUT2D eigenvalue weighted by Crippen LogP contribution is -2.11. The summed E-state index contributed by atoms with van der Waals surface area (Å²) in [6.45, 7) is 5.95. The first kappa shape index (κ1) is 13.2. The second-order valence-corrected chi connectivity index (χ2v) is 5.92. The average Bonchev–Trinajstić information content (AvgIpc) is 3.16. The number of hydrogen-bond donors (Lipinski definition) is 1. The second-order valence-electron chi connectivity index (χ2n) is 5.92. The molecule has 114 valence electrons. The smallest absolute Gasteiger partial charge is 0.178 e. The monoisotopic (exact) mass is 298 g/mol. The molecule has 7 nitrogen and oxygen atoms in total. The van der Waals surface area contributed by atoms with Gasteiger partial charge in [-0.3, -0.25) is 0 Å². The van der Waals surface area contributed by atoms with Crippen molar-refractivity contribution < 1.29 is 4.52 Å². The number of fused-ring (bicyclic) bond motifs is 1. The lowest BCUT2D eigenvalue weighted by atomic mass is 10.1. The topological polar surface area (TPSA) is 81.1 Å². The van der Waals surface area contributed by atoms with E-state index < -0.39 is 0 Å². The SMILES string of the molecule is Cc1noc(C)c1C(C)Nc1ccc2nnc(C3CC3)n2n1. The Balaban J connectivity index is 1.65. The molecule has 3 heterocycles. The maximum atomic E-state index is 5.24. The molecule has 1 fully saturated rings. The number of nitrogens with zero attached hydrogens (tertiary/aromatic N) is 5. The Morgan fingerprint density at radius 2 is 2.09 bits per heavy atom. The van der Waals surface area contributed by atoms with Crippen LogP contribution in [0.15, 0.2) is 16.7 Å². The van der Waals surface area contributed by atoms with E-state index in [9.17, 15) is 0 Å². The second kappa shape index (κ2) is 4.79. The van der Waals surface area contributed by atoms with Crippen LogP contribution in [0, 0.1) is 13.8 Å². The van der Waals surface area contributed by atoms with Crippen LogP contribution in [0.3, 0.4) is 0 Å². The molecule has 0 radical (unpaired) electrons. The number of aryl methyl sites for hydroxylation is 2. The van der Waals surface area contributed by atoms with Gasteiger partial charge >= 0.3 is 0 Å². The zero-order chi connectivity index (χ0) is 15.3. The van der Waals surface area contributed by atoms with Crippen molar-refractivity contribution in [2.45, 2.75) is 45.6 Å². The summed E-state index contributed by atoms with van der Waals surface area (Å²) in [5.74, 6) is 3.10. The van der Waals surface area contributed by atoms with Crippen LogP contribution in [0.25, 0.3) is 5.65 Å². The highest BCUT2D eigenvalue weighted by Gasteiger charge is 2.29. The van der Waals surface area contributed by atoms with Gasteiger partial charge in [0.05, 0.1) is 11.7 Å². The van der Waals surface area contributed by atoms with Crippen molar-refractivity contribution in [3.8, 4) is 0 Å². The lowest BCUT2D eigenvalue weighted by molar-refractivity contribution is 0.392. The van der Waals surface area contributed by atoms with Gasteiger partial charge in [-0.15, -0.1) is 15.3 Å². The van der Waals surface area contributed by atoms with E-state index in [4.69, 9.17) is 4.52 Å². The molecule has 1 aliphatic rings. The summed E-state index contributed by atoms with van der Waals surface area (Å²) in [7, 11) is 0. The van der Waals surface area contributed by atoms with Gasteiger partial charge in [0, 0.05) is 11.5 Å². The van der Waals surface area contributed by atoms with E-state index in [0.717, 1.165) is 34.3 Å².